The van der Waals surface area contributed by atoms with E-state index in [-0.39, 0.29) is 31.1 Å². The molecule has 0 N–H and O–H groups in total. The molecule has 380 valence electrons. The third kappa shape index (κ3) is 52.9. The van der Waals surface area contributed by atoms with E-state index in [1.165, 1.54) is 77.0 Å². The summed E-state index contributed by atoms with van der Waals surface area (Å²) in [7, 11) is 0. The topological polar surface area (TPSA) is 78.9 Å². The second-order valence-corrected chi connectivity index (χ2v) is 17.7. The molecule has 0 saturated heterocycles. The van der Waals surface area contributed by atoms with Crippen LogP contribution in [0.1, 0.15) is 239 Å². The lowest BCUT2D eigenvalue weighted by molar-refractivity contribution is -0.167. The molecule has 0 heterocycles. The Hall–Kier alpha value is -3.93. The second-order valence-electron chi connectivity index (χ2n) is 17.7. The van der Waals surface area contributed by atoms with Crippen LogP contribution < -0.4 is 0 Å². The van der Waals surface area contributed by atoms with Crippen molar-refractivity contribution in [3.8, 4) is 0 Å². The van der Waals surface area contributed by atoms with Crippen molar-refractivity contribution in [2.24, 2.45) is 0 Å². The number of unbranched alkanes of at least 4 members (excludes halogenated alkanes) is 19. The molecule has 0 saturated carbocycles. The number of ether oxygens (including phenoxy) is 3. The Labute approximate surface area is 412 Å². The lowest BCUT2D eigenvalue weighted by Crippen LogP contribution is -2.30. The minimum atomic E-state index is -0.792. The monoisotopic (exact) mass is 929 g/mol. The largest absolute Gasteiger partial charge is 0.462 e. The Morgan fingerprint density at radius 2 is 0.582 bits per heavy atom. The average molecular weight is 929 g/mol. The standard InChI is InChI=1S/C61H100O6/c1-4-7-10-13-16-18-20-22-23-24-25-26-27-28-29-30-31-32-33-34-35-36-37-39-40-42-45-48-51-54-60(63)66-57-58(56-65-59(62)53-50-47-44-15-12-9-6-3)67-61(64)55-52-49-46-43-41-38-21-19-17-14-11-8-5-2/h7-8,10-11,16-19,22-23,25-26,28-29,31-32,38,41,58H,4-6,9,12-15,20-21,24,27,30,33-37,39-40,42-57H2,1-3H3/b10-7-,11-8-,18-16-,19-17-,23-22-,26-25-,29-28-,32-31-,41-38-. The zero-order valence-corrected chi connectivity index (χ0v) is 43.4. The fourth-order valence-electron chi connectivity index (χ4n) is 7.22. The van der Waals surface area contributed by atoms with Gasteiger partial charge < -0.3 is 14.2 Å². The van der Waals surface area contributed by atoms with E-state index >= 15 is 0 Å². The molecule has 0 fully saturated rings. The first-order valence-electron chi connectivity index (χ1n) is 27.4. The maximum Gasteiger partial charge on any atom is 0.306 e. The first kappa shape index (κ1) is 63.1. The van der Waals surface area contributed by atoms with Crippen LogP contribution in [0.4, 0.5) is 0 Å². The van der Waals surface area contributed by atoms with Crippen molar-refractivity contribution < 1.29 is 28.6 Å². The molecule has 1 atom stereocenters. The van der Waals surface area contributed by atoms with Crippen LogP contribution in [0.3, 0.4) is 0 Å². The Balaban J connectivity index is 4.16. The molecule has 1 unspecified atom stereocenters. The molecule has 0 aliphatic heterocycles. The number of hydrogen-bond acceptors (Lipinski definition) is 6. The summed E-state index contributed by atoms with van der Waals surface area (Å²) in [5.74, 6) is -0.936. The van der Waals surface area contributed by atoms with E-state index in [4.69, 9.17) is 14.2 Å². The van der Waals surface area contributed by atoms with Crippen molar-refractivity contribution in [3.63, 3.8) is 0 Å². The van der Waals surface area contributed by atoms with Crippen LogP contribution in [-0.2, 0) is 28.6 Å². The highest BCUT2D eigenvalue weighted by molar-refractivity contribution is 5.71. The molecule has 0 aromatic heterocycles. The summed E-state index contributed by atoms with van der Waals surface area (Å²) in [4.78, 5) is 37.8. The summed E-state index contributed by atoms with van der Waals surface area (Å²) in [6.45, 7) is 6.33. The lowest BCUT2D eigenvalue weighted by atomic mass is 10.1. The second kappa shape index (κ2) is 54.7. The first-order chi connectivity index (χ1) is 33.0. The molecular weight excluding hydrogens is 829 g/mol. The zero-order valence-electron chi connectivity index (χ0n) is 43.4. The van der Waals surface area contributed by atoms with Gasteiger partial charge in [-0.05, 0) is 103 Å². The van der Waals surface area contributed by atoms with Crippen molar-refractivity contribution in [1.82, 2.24) is 0 Å². The molecule has 6 nitrogen and oxygen atoms in total. The van der Waals surface area contributed by atoms with Crippen LogP contribution in [-0.4, -0.2) is 37.2 Å². The molecule has 0 rings (SSSR count). The molecule has 0 aromatic carbocycles. The van der Waals surface area contributed by atoms with Crippen molar-refractivity contribution >= 4 is 17.9 Å². The third-order valence-electron chi connectivity index (χ3n) is 11.3. The summed E-state index contributed by atoms with van der Waals surface area (Å²) < 4.78 is 16.7. The van der Waals surface area contributed by atoms with Gasteiger partial charge in [0, 0.05) is 19.3 Å². The number of carbonyl (C=O) groups excluding carboxylic acids is 3. The lowest BCUT2D eigenvalue weighted by Gasteiger charge is -2.18. The molecule has 0 aliphatic rings. The van der Waals surface area contributed by atoms with E-state index in [2.05, 4.69) is 130 Å². The van der Waals surface area contributed by atoms with Crippen molar-refractivity contribution in [2.45, 2.75) is 245 Å². The zero-order chi connectivity index (χ0) is 48.6. The fraction of sp³-hybridized carbons (Fsp3) is 0.656. The van der Waals surface area contributed by atoms with Crippen LogP contribution >= 0.6 is 0 Å². The molecule has 0 bridgehead atoms. The van der Waals surface area contributed by atoms with E-state index in [9.17, 15) is 14.4 Å². The molecule has 67 heavy (non-hydrogen) atoms. The highest BCUT2D eigenvalue weighted by atomic mass is 16.6. The Morgan fingerprint density at radius 1 is 0.313 bits per heavy atom. The average Bonchev–Trinajstić information content (AvgIpc) is 3.33. The van der Waals surface area contributed by atoms with Gasteiger partial charge in [0.2, 0.25) is 0 Å². The normalized spacial score (nSPS) is 12.9. The maximum atomic E-state index is 12.7. The number of carbonyl (C=O) groups is 3. The Kier molecular flexibility index (Phi) is 51.5. The highest BCUT2D eigenvalue weighted by Gasteiger charge is 2.19. The summed E-state index contributed by atoms with van der Waals surface area (Å²) in [6, 6.07) is 0. The fourth-order valence-corrected chi connectivity index (χ4v) is 7.22. The predicted molar refractivity (Wildman–Crippen MR) is 288 cm³/mol. The van der Waals surface area contributed by atoms with E-state index in [1.807, 2.05) is 0 Å². The Morgan fingerprint density at radius 3 is 0.925 bits per heavy atom. The highest BCUT2D eigenvalue weighted by Crippen LogP contribution is 2.14. The summed E-state index contributed by atoms with van der Waals surface area (Å²) in [5.41, 5.74) is 0. The van der Waals surface area contributed by atoms with Crippen LogP contribution in [0.15, 0.2) is 109 Å². The molecule has 0 spiro atoms. The van der Waals surface area contributed by atoms with Gasteiger partial charge in [-0.2, -0.15) is 0 Å². The molecule has 0 aliphatic carbocycles. The van der Waals surface area contributed by atoms with E-state index < -0.39 is 6.10 Å². The maximum absolute atomic E-state index is 12.7. The van der Waals surface area contributed by atoms with E-state index in [0.29, 0.717) is 19.3 Å². The van der Waals surface area contributed by atoms with Crippen LogP contribution in [0, 0.1) is 0 Å². The summed E-state index contributed by atoms with van der Waals surface area (Å²) in [5, 5.41) is 0. The minimum absolute atomic E-state index is 0.0913. The number of allylic oxidation sites excluding steroid dienone is 18. The SMILES string of the molecule is CC/C=C\C/C=C\C/C=C\C/C=C\C/C=C\C/C=C\CCCCCCCCCCCCC(=O)OCC(COC(=O)CCCCCCCCC)OC(=O)CCCCC/C=C\C/C=C\C/C=C\CC. The van der Waals surface area contributed by atoms with Gasteiger partial charge in [0.1, 0.15) is 13.2 Å². The van der Waals surface area contributed by atoms with Gasteiger partial charge in [0.15, 0.2) is 6.10 Å². The van der Waals surface area contributed by atoms with Crippen molar-refractivity contribution in [1.29, 1.82) is 0 Å². The first-order valence-corrected chi connectivity index (χ1v) is 27.4. The molecule has 0 aromatic rings. The quantitative estimate of drug-likeness (QED) is 0.0262. The molecule has 0 amide bonds. The van der Waals surface area contributed by atoms with Gasteiger partial charge in [0.05, 0.1) is 0 Å². The van der Waals surface area contributed by atoms with Gasteiger partial charge >= 0.3 is 17.9 Å². The van der Waals surface area contributed by atoms with Gasteiger partial charge in [-0.3, -0.25) is 14.4 Å². The third-order valence-corrected chi connectivity index (χ3v) is 11.3. The van der Waals surface area contributed by atoms with E-state index in [0.717, 1.165) is 122 Å². The smallest absolute Gasteiger partial charge is 0.306 e. The Bertz CT molecular complexity index is 1390. The van der Waals surface area contributed by atoms with Crippen LogP contribution in [0.5, 0.6) is 0 Å². The van der Waals surface area contributed by atoms with Gasteiger partial charge in [-0.15, -0.1) is 0 Å². The number of esters is 3. The van der Waals surface area contributed by atoms with Crippen molar-refractivity contribution in [3.05, 3.63) is 109 Å². The number of rotatable bonds is 48. The molecule has 6 heteroatoms. The molecule has 0 radical (unpaired) electrons. The number of hydrogen-bond donors (Lipinski definition) is 0. The summed E-state index contributed by atoms with van der Waals surface area (Å²) in [6.07, 6.45) is 73.9. The van der Waals surface area contributed by atoms with Crippen LogP contribution in [0.25, 0.3) is 0 Å². The van der Waals surface area contributed by atoms with Crippen molar-refractivity contribution in [2.75, 3.05) is 13.2 Å². The van der Waals surface area contributed by atoms with Gasteiger partial charge in [-0.25, -0.2) is 0 Å². The van der Waals surface area contributed by atoms with Gasteiger partial charge in [0.25, 0.3) is 0 Å². The predicted octanol–water partition coefficient (Wildman–Crippen LogP) is 18.3. The van der Waals surface area contributed by atoms with E-state index in [1.54, 1.807) is 0 Å². The minimum Gasteiger partial charge on any atom is -0.462 e. The summed E-state index contributed by atoms with van der Waals surface area (Å²) >= 11 is 0. The van der Waals surface area contributed by atoms with Crippen LogP contribution in [0.2, 0.25) is 0 Å². The molecular formula is C61H100O6. The van der Waals surface area contributed by atoms with Gasteiger partial charge in [-0.1, -0.05) is 226 Å².